The van der Waals surface area contributed by atoms with Crippen molar-refractivity contribution in [3.63, 3.8) is 0 Å². The summed E-state index contributed by atoms with van der Waals surface area (Å²) in [6.45, 7) is 6.23. The number of aliphatic hydroxyl groups is 1. The first-order valence-electron chi connectivity index (χ1n) is 5.49. The summed E-state index contributed by atoms with van der Waals surface area (Å²) in [5.74, 6) is 0. The molecule has 0 aromatic heterocycles. The van der Waals surface area contributed by atoms with Crippen LogP contribution in [0.3, 0.4) is 0 Å². The molecule has 0 amide bonds. The van der Waals surface area contributed by atoms with E-state index in [-0.39, 0.29) is 6.61 Å². The van der Waals surface area contributed by atoms with E-state index in [0.29, 0.717) is 12.7 Å². The molecule has 96 valence electrons. The van der Waals surface area contributed by atoms with E-state index < -0.39 is 0 Å². The van der Waals surface area contributed by atoms with Crippen molar-refractivity contribution in [2.45, 2.75) is 19.6 Å². The van der Waals surface area contributed by atoms with Crippen molar-refractivity contribution in [3.8, 4) is 0 Å². The summed E-state index contributed by atoms with van der Waals surface area (Å²) >= 11 is 0. The van der Waals surface area contributed by atoms with E-state index in [9.17, 15) is 0 Å². The van der Waals surface area contributed by atoms with Gasteiger partial charge in [0.25, 0.3) is 0 Å². The lowest BCUT2D eigenvalue weighted by Crippen LogP contribution is -2.00. The Morgan fingerprint density at radius 3 is 2.41 bits per heavy atom. The number of epoxide rings is 1. The van der Waals surface area contributed by atoms with E-state index in [1.807, 2.05) is 25.0 Å². The quantitative estimate of drug-likeness (QED) is 0.808. The third-order valence-electron chi connectivity index (χ3n) is 1.82. The molecule has 1 fully saturated rings. The van der Waals surface area contributed by atoms with Crippen molar-refractivity contribution in [1.82, 2.24) is 0 Å². The number of carbonyl (C=O) groups is 1. The fraction of sp³-hybridized carbons (Fsp3) is 0.462. The molecule has 1 aromatic rings. The number of hydrogen-bond acceptors (Lipinski definition) is 4. The van der Waals surface area contributed by atoms with E-state index in [0.717, 1.165) is 13.2 Å². The molecule has 0 saturated carbocycles. The van der Waals surface area contributed by atoms with Crippen LogP contribution in [-0.4, -0.2) is 37.8 Å². The van der Waals surface area contributed by atoms with Gasteiger partial charge in [-0.25, -0.2) is 0 Å². The second kappa shape index (κ2) is 11.3. The summed E-state index contributed by atoms with van der Waals surface area (Å²) in [6.07, 6.45) is 0.369. The Morgan fingerprint density at radius 2 is 1.94 bits per heavy atom. The first kappa shape index (κ1) is 15.8. The van der Waals surface area contributed by atoms with Gasteiger partial charge in [0.1, 0.15) is 12.9 Å². The number of rotatable bonds is 4. The van der Waals surface area contributed by atoms with Crippen LogP contribution in [-0.2, 0) is 20.9 Å². The van der Waals surface area contributed by atoms with E-state index in [1.165, 1.54) is 5.56 Å². The Hall–Kier alpha value is -1.23. The predicted molar refractivity (Wildman–Crippen MR) is 65.7 cm³/mol. The third kappa shape index (κ3) is 9.68. The maximum Gasteiger partial charge on any atom is 0.106 e. The van der Waals surface area contributed by atoms with Crippen molar-refractivity contribution < 1.29 is 19.4 Å². The van der Waals surface area contributed by atoms with Crippen molar-refractivity contribution in [1.29, 1.82) is 0 Å². The molecule has 1 atom stereocenters. The minimum absolute atomic E-state index is 0.250. The van der Waals surface area contributed by atoms with Gasteiger partial charge in [-0.3, -0.25) is 0 Å². The van der Waals surface area contributed by atoms with Crippen molar-refractivity contribution in [3.05, 3.63) is 35.9 Å². The second-order valence-corrected chi connectivity index (χ2v) is 3.27. The highest BCUT2D eigenvalue weighted by Gasteiger charge is 2.21. The van der Waals surface area contributed by atoms with Crippen LogP contribution in [0.5, 0.6) is 0 Å². The fourth-order valence-corrected chi connectivity index (χ4v) is 1.05. The second-order valence-electron chi connectivity index (χ2n) is 3.27. The smallest absolute Gasteiger partial charge is 0.106 e. The minimum Gasteiger partial charge on any atom is -0.397 e. The molecule has 1 heterocycles. The zero-order valence-electron chi connectivity index (χ0n) is 10.2. The van der Waals surface area contributed by atoms with Gasteiger partial charge in [-0.15, -0.1) is 0 Å². The number of hydrogen-bond donors (Lipinski definition) is 1. The third-order valence-corrected chi connectivity index (χ3v) is 1.82. The van der Waals surface area contributed by atoms with E-state index in [2.05, 4.69) is 12.1 Å². The highest BCUT2D eigenvalue weighted by atomic mass is 16.6. The molecule has 1 aliphatic heterocycles. The Bertz CT molecular complexity index is 259. The molecule has 1 N–H and O–H groups in total. The Balaban J connectivity index is 0.000000450. The molecule has 0 spiro atoms. The number of aliphatic hydroxyl groups excluding tert-OH is 1. The van der Waals surface area contributed by atoms with Crippen LogP contribution in [0.15, 0.2) is 30.3 Å². The van der Waals surface area contributed by atoms with E-state index >= 15 is 0 Å². The molecule has 1 saturated heterocycles. The maximum atomic E-state index is 8.00. The molecule has 0 bridgehead atoms. The highest BCUT2D eigenvalue weighted by molar-refractivity contribution is 5.13. The molecule has 2 rings (SSSR count). The summed E-state index contributed by atoms with van der Waals surface area (Å²) in [5.41, 5.74) is 1.22. The van der Waals surface area contributed by atoms with Gasteiger partial charge in [-0.2, -0.15) is 0 Å². The van der Waals surface area contributed by atoms with Crippen LogP contribution in [0.1, 0.15) is 12.5 Å². The number of ether oxygens (including phenoxy) is 2. The zero-order valence-corrected chi connectivity index (χ0v) is 10.2. The number of benzene rings is 1. The van der Waals surface area contributed by atoms with Crippen molar-refractivity contribution >= 4 is 6.79 Å². The molecule has 1 aromatic carbocycles. The first-order chi connectivity index (χ1) is 8.36. The van der Waals surface area contributed by atoms with Gasteiger partial charge in [0.15, 0.2) is 0 Å². The normalized spacial score (nSPS) is 16.0. The first-order valence-corrected chi connectivity index (χ1v) is 5.49. The lowest BCUT2D eigenvalue weighted by Gasteiger charge is -2.00. The van der Waals surface area contributed by atoms with Gasteiger partial charge < -0.3 is 19.4 Å². The monoisotopic (exact) mass is 240 g/mol. The largest absolute Gasteiger partial charge is 0.397 e. The fourth-order valence-electron chi connectivity index (χ4n) is 1.05. The Morgan fingerprint density at radius 1 is 1.41 bits per heavy atom. The molecular formula is C13H20O4. The average molecular weight is 240 g/mol. The highest BCUT2D eigenvalue weighted by Crippen LogP contribution is 2.10. The standard InChI is InChI=1S/C10H12O2.C2H6O.CH2O/c1-2-4-9(5-3-1)6-11-7-10-8-12-10;1-2-3;1-2/h1-5,10H,6-8H2;3H,2H2,1H3;1H2. The SMILES string of the molecule is C=O.CCO.c1ccc(COCC2CO2)cc1. The summed E-state index contributed by atoms with van der Waals surface area (Å²) in [6, 6.07) is 10.2. The van der Waals surface area contributed by atoms with Crippen LogP contribution < -0.4 is 0 Å². The summed E-state index contributed by atoms with van der Waals surface area (Å²) < 4.78 is 10.4. The molecule has 4 nitrogen and oxygen atoms in total. The molecule has 0 radical (unpaired) electrons. The predicted octanol–water partition coefficient (Wildman–Crippen LogP) is 1.42. The summed E-state index contributed by atoms with van der Waals surface area (Å²) in [7, 11) is 0. The van der Waals surface area contributed by atoms with Crippen LogP contribution in [0.25, 0.3) is 0 Å². The molecule has 0 aliphatic carbocycles. The molecule has 1 aliphatic rings. The van der Waals surface area contributed by atoms with Gasteiger partial charge in [0.2, 0.25) is 0 Å². The maximum absolute atomic E-state index is 8.00. The van der Waals surface area contributed by atoms with Crippen LogP contribution in [0, 0.1) is 0 Å². The van der Waals surface area contributed by atoms with Crippen LogP contribution in [0.2, 0.25) is 0 Å². The Kier molecular flexibility index (Phi) is 10.4. The lowest BCUT2D eigenvalue weighted by molar-refractivity contribution is -0.0979. The summed E-state index contributed by atoms with van der Waals surface area (Å²) in [4.78, 5) is 8.00. The van der Waals surface area contributed by atoms with Gasteiger partial charge in [-0.05, 0) is 12.5 Å². The van der Waals surface area contributed by atoms with Crippen molar-refractivity contribution in [2.75, 3.05) is 19.8 Å². The number of carbonyl (C=O) groups excluding carboxylic acids is 1. The molecule has 4 heteroatoms. The van der Waals surface area contributed by atoms with Crippen molar-refractivity contribution in [2.24, 2.45) is 0 Å². The summed E-state index contributed by atoms with van der Waals surface area (Å²) in [5, 5.41) is 7.57. The average Bonchev–Trinajstić information content (AvgIpc) is 3.18. The lowest BCUT2D eigenvalue weighted by atomic mass is 10.2. The van der Waals surface area contributed by atoms with Crippen LogP contribution in [0.4, 0.5) is 0 Å². The van der Waals surface area contributed by atoms with Gasteiger partial charge in [0, 0.05) is 6.61 Å². The molecule has 17 heavy (non-hydrogen) atoms. The van der Waals surface area contributed by atoms with Gasteiger partial charge in [-0.1, -0.05) is 30.3 Å². The van der Waals surface area contributed by atoms with Gasteiger partial charge >= 0.3 is 0 Å². The topological polar surface area (TPSA) is 59.1 Å². The van der Waals surface area contributed by atoms with E-state index in [4.69, 9.17) is 19.4 Å². The van der Waals surface area contributed by atoms with E-state index in [1.54, 1.807) is 6.92 Å². The Labute approximate surface area is 102 Å². The van der Waals surface area contributed by atoms with Gasteiger partial charge in [0.05, 0.1) is 19.8 Å². The minimum atomic E-state index is 0.250. The van der Waals surface area contributed by atoms with Crippen LogP contribution >= 0.6 is 0 Å². The zero-order chi connectivity index (χ0) is 12.9. The molecular weight excluding hydrogens is 220 g/mol. The molecule has 1 unspecified atom stereocenters.